The quantitative estimate of drug-likeness (QED) is 0.889. The average Bonchev–Trinajstić information content (AvgIpc) is 3.00. The van der Waals surface area contributed by atoms with Gasteiger partial charge in [0.1, 0.15) is 11.5 Å². The van der Waals surface area contributed by atoms with Crippen molar-refractivity contribution in [3.05, 3.63) is 54.0 Å². The third kappa shape index (κ3) is 4.56. The lowest BCUT2D eigenvalue weighted by Crippen LogP contribution is -2.36. The summed E-state index contributed by atoms with van der Waals surface area (Å²) in [6.07, 6.45) is 1.59. The summed E-state index contributed by atoms with van der Waals surface area (Å²) in [5, 5.41) is 2.81. The molecule has 2 aromatic rings. The predicted molar refractivity (Wildman–Crippen MR) is 80.0 cm³/mol. The summed E-state index contributed by atoms with van der Waals surface area (Å²) in [4.78, 5) is 13.6. The molecule has 1 heterocycles. The highest BCUT2D eigenvalue weighted by Crippen LogP contribution is 2.13. The van der Waals surface area contributed by atoms with E-state index in [1.165, 1.54) is 0 Å². The topological polar surface area (TPSA) is 54.7 Å². The number of amides is 2. The number of furan rings is 1. The number of urea groups is 1. The van der Waals surface area contributed by atoms with E-state index in [-0.39, 0.29) is 6.03 Å². The zero-order chi connectivity index (χ0) is 15.1. The first-order chi connectivity index (χ1) is 10.2. The number of rotatable bonds is 6. The smallest absolute Gasteiger partial charge is 0.317 e. The van der Waals surface area contributed by atoms with E-state index < -0.39 is 0 Å². The summed E-state index contributed by atoms with van der Waals surface area (Å²) >= 11 is 0. The van der Waals surface area contributed by atoms with Crippen LogP contribution in [0.15, 0.2) is 47.1 Å². The van der Waals surface area contributed by atoms with Crippen molar-refractivity contribution in [2.45, 2.75) is 20.0 Å². The normalized spacial score (nSPS) is 10.2. The van der Waals surface area contributed by atoms with Crippen LogP contribution in [0.2, 0.25) is 0 Å². The van der Waals surface area contributed by atoms with Crippen LogP contribution in [-0.2, 0) is 13.1 Å². The van der Waals surface area contributed by atoms with E-state index in [9.17, 15) is 4.79 Å². The van der Waals surface area contributed by atoms with Gasteiger partial charge in [-0.25, -0.2) is 4.79 Å². The summed E-state index contributed by atoms with van der Waals surface area (Å²) in [6, 6.07) is 11.2. The molecule has 0 atom stereocenters. The largest absolute Gasteiger partial charge is 0.494 e. The zero-order valence-electron chi connectivity index (χ0n) is 12.3. The van der Waals surface area contributed by atoms with Crippen molar-refractivity contribution < 1.29 is 13.9 Å². The van der Waals surface area contributed by atoms with E-state index in [1.807, 2.05) is 37.3 Å². The zero-order valence-corrected chi connectivity index (χ0v) is 12.3. The molecule has 5 heteroatoms. The average molecular weight is 288 g/mol. The highest BCUT2D eigenvalue weighted by atomic mass is 16.5. The van der Waals surface area contributed by atoms with Crippen LogP contribution >= 0.6 is 0 Å². The van der Waals surface area contributed by atoms with E-state index >= 15 is 0 Å². The van der Waals surface area contributed by atoms with Crippen LogP contribution in [0.25, 0.3) is 0 Å². The molecule has 1 aromatic heterocycles. The molecule has 5 nitrogen and oxygen atoms in total. The SMILES string of the molecule is CCOc1ccc(CN(C)C(=O)NCc2ccco2)cc1. The molecule has 1 aromatic carbocycles. The molecule has 0 unspecified atom stereocenters. The highest BCUT2D eigenvalue weighted by Gasteiger charge is 2.09. The molecule has 21 heavy (non-hydrogen) atoms. The van der Waals surface area contributed by atoms with Crippen LogP contribution in [0, 0.1) is 0 Å². The molecule has 2 rings (SSSR count). The number of hydrogen-bond donors (Lipinski definition) is 1. The second kappa shape index (κ2) is 7.38. The number of nitrogens with zero attached hydrogens (tertiary/aromatic N) is 1. The maximum atomic E-state index is 12.0. The van der Waals surface area contributed by atoms with Crippen LogP contribution in [0.5, 0.6) is 5.75 Å². The Hall–Kier alpha value is -2.43. The van der Waals surface area contributed by atoms with Gasteiger partial charge in [-0.05, 0) is 36.8 Å². The minimum absolute atomic E-state index is 0.139. The maximum Gasteiger partial charge on any atom is 0.317 e. The van der Waals surface area contributed by atoms with Crippen LogP contribution < -0.4 is 10.1 Å². The standard InChI is InChI=1S/C16H20N2O3/c1-3-20-14-8-6-13(7-9-14)12-18(2)16(19)17-11-15-5-4-10-21-15/h4-10H,3,11-12H2,1-2H3,(H,17,19). The first kappa shape index (κ1) is 15.0. The van der Waals surface area contributed by atoms with Crippen LogP contribution in [0.4, 0.5) is 4.79 Å². The van der Waals surface area contributed by atoms with Gasteiger partial charge in [-0.3, -0.25) is 0 Å². The fourth-order valence-corrected chi connectivity index (χ4v) is 1.91. The number of ether oxygens (including phenoxy) is 1. The minimum Gasteiger partial charge on any atom is -0.494 e. The van der Waals surface area contributed by atoms with Crippen molar-refractivity contribution in [2.75, 3.05) is 13.7 Å². The molecule has 0 fully saturated rings. The number of carbonyl (C=O) groups is 1. The lowest BCUT2D eigenvalue weighted by molar-refractivity contribution is 0.205. The molecular weight excluding hydrogens is 268 g/mol. The van der Waals surface area contributed by atoms with Crippen LogP contribution in [0.1, 0.15) is 18.2 Å². The van der Waals surface area contributed by atoms with Gasteiger partial charge in [0.15, 0.2) is 0 Å². The number of benzene rings is 1. The molecule has 1 N–H and O–H groups in total. The molecule has 0 aliphatic carbocycles. The molecule has 0 aliphatic rings. The van der Waals surface area contributed by atoms with Gasteiger partial charge in [-0.2, -0.15) is 0 Å². The van der Waals surface area contributed by atoms with E-state index in [2.05, 4.69) is 5.32 Å². The minimum atomic E-state index is -0.139. The summed E-state index contributed by atoms with van der Waals surface area (Å²) in [7, 11) is 1.76. The first-order valence-electron chi connectivity index (χ1n) is 6.92. The fourth-order valence-electron chi connectivity index (χ4n) is 1.91. The van der Waals surface area contributed by atoms with Gasteiger partial charge in [0.05, 0.1) is 19.4 Å². The number of hydrogen-bond acceptors (Lipinski definition) is 3. The second-order valence-corrected chi connectivity index (χ2v) is 4.67. The van der Waals surface area contributed by atoms with E-state index in [1.54, 1.807) is 24.3 Å². The van der Waals surface area contributed by atoms with Gasteiger partial charge < -0.3 is 19.4 Å². The van der Waals surface area contributed by atoms with Gasteiger partial charge >= 0.3 is 6.03 Å². The lowest BCUT2D eigenvalue weighted by atomic mass is 10.2. The van der Waals surface area contributed by atoms with Crippen LogP contribution in [-0.4, -0.2) is 24.6 Å². The van der Waals surface area contributed by atoms with Crippen molar-refractivity contribution in [1.82, 2.24) is 10.2 Å². The van der Waals surface area contributed by atoms with E-state index in [0.717, 1.165) is 17.1 Å². The highest BCUT2D eigenvalue weighted by molar-refractivity contribution is 5.73. The Balaban J connectivity index is 1.82. The molecular formula is C16H20N2O3. The molecule has 0 bridgehead atoms. The Labute approximate surface area is 124 Å². The molecule has 0 saturated heterocycles. The van der Waals surface area contributed by atoms with E-state index in [4.69, 9.17) is 9.15 Å². The van der Waals surface area contributed by atoms with Gasteiger partial charge in [0.25, 0.3) is 0 Å². The molecule has 0 aliphatic heterocycles. The monoisotopic (exact) mass is 288 g/mol. The third-order valence-corrected chi connectivity index (χ3v) is 2.99. The lowest BCUT2D eigenvalue weighted by Gasteiger charge is -2.18. The molecule has 112 valence electrons. The Morgan fingerprint density at radius 2 is 2.05 bits per heavy atom. The van der Waals surface area contributed by atoms with Gasteiger partial charge in [0.2, 0.25) is 0 Å². The number of carbonyl (C=O) groups excluding carboxylic acids is 1. The van der Waals surface area contributed by atoms with Crippen molar-refractivity contribution in [1.29, 1.82) is 0 Å². The molecule has 0 spiro atoms. The fraction of sp³-hybridized carbons (Fsp3) is 0.312. The van der Waals surface area contributed by atoms with Gasteiger partial charge in [0, 0.05) is 13.6 Å². The Kier molecular flexibility index (Phi) is 5.26. The molecule has 2 amide bonds. The van der Waals surface area contributed by atoms with Gasteiger partial charge in [-0.1, -0.05) is 12.1 Å². The first-order valence-corrected chi connectivity index (χ1v) is 6.92. The Bertz CT molecular complexity index is 549. The summed E-state index contributed by atoms with van der Waals surface area (Å²) < 4.78 is 10.6. The van der Waals surface area contributed by atoms with E-state index in [0.29, 0.717) is 19.7 Å². The summed E-state index contributed by atoms with van der Waals surface area (Å²) in [5.41, 5.74) is 1.05. The molecule has 0 saturated carbocycles. The maximum absolute atomic E-state index is 12.0. The number of nitrogens with one attached hydrogen (secondary N) is 1. The van der Waals surface area contributed by atoms with Crippen LogP contribution in [0.3, 0.4) is 0 Å². The van der Waals surface area contributed by atoms with Crippen molar-refractivity contribution in [3.8, 4) is 5.75 Å². The van der Waals surface area contributed by atoms with Crippen molar-refractivity contribution >= 4 is 6.03 Å². The van der Waals surface area contributed by atoms with Gasteiger partial charge in [-0.15, -0.1) is 0 Å². The summed E-state index contributed by atoms with van der Waals surface area (Å²) in [6.45, 7) is 3.52. The Morgan fingerprint density at radius 3 is 2.67 bits per heavy atom. The van der Waals surface area contributed by atoms with Crippen molar-refractivity contribution in [3.63, 3.8) is 0 Å². The predicted octanol–water partition coefficient (Wildman–Crippen LogP) is 3.02. The third-order valence-electron chi connectivity index (χ3n) is 2.99. The van der Waals surface area contributed by atoms with Crippen molar-refractivity contribution in [2.24, 2.45) is 0 Å². The summed E-state index contributed by atoms with van der Waals surface area (Å²) in [5.74, 6) is 1.57. The Morgan fingerprint density at radius 1 is 1.29 bits per heavy atom. The molecule has 0 radical (unpaired) electrons. The second-order valence-electron chi connectivity index (χ2n) is 4.67.